The second-order valence-corrected chi connectivity index (χ2v) is 4.81. The highest BCUT2D eigenvalue weighted by atomic mass is 32.1. The Kier molecular flexibility index (Phi) is 2.97. The van der Waals surface area contributed by atoms with Gasteiger partial charge in [0.05, 0.1) is 12.0 Å². The number of hydrogen-bond donors (Lipinski definition) is 1. The number of carbonyl (C=O) groups is 1. The van der Waals surface area contributed by atoms with Crippen LogP contribution >= 0.6 is 11.3 Å². The number of aryl methyl sites for hydroxylation is 2. The van der Waals surface area contributed by atoms with Gasteiger partial charge in [-0.05, 0) is 20.8 Å². The first-order valence-corrected chi connectivity index (χ1v) is 6.03. The van der Waals surface area contributed by atoms with Crippen LogP contribution in [0.5, 0.6) is 0 Å². The van der Waals surface area contributed by atoms with E-state index in [1.165, 1.54) is 11.3 Å². The number of hydrogen-bond acceptors (Lipinski definition) is 5. The number of carbonyl (C=O) groups excluding carboxylic acids is 1. The van der Waals surface area contributed by atoms with Crippen LogP contribution in [-0.4, -0.2) is 22.5 Å². The molecule has 0 amide bonds. The summed E-state index contributed by atoms with van der Waals surface area (Å²) in [6, 6.07) is 0. The molecule has 17 heavy (non-hydrogen) atoms. The third-order valence-corrected chi connectivity index (χ3v) is 3.40. The second-order valence-electron chi connectivity index (χ2n) is 3.58. The Labute approximate surface area is 101 Å². The van der Waals surface area contributed by atoms with Gasteiger partial charge in [0.1, 0.15) is 16.2 Å². The Balaban J connectivity index is 2.74. The highest BCUT2D eigenvalue weighted by Gasteiger charge is 2.19. The summed E-state index contributed by atoms with van der Waals surface area (Å²) in [5, 5.41) is 0.476. The van der Waals surface area contributed by atoms with Gasteiger partial charge in [0.15, 0.2) is 0 Å². The number of aromatic nitrogens is 2. The number of thiophene rings is 1. The van der Waals surface area contributed by atoms with Crippen molar-refractivity contribution in [1.29, 1.82) is 0 Å². The first kappa shape index (κ1) is 11.8. The third kappa shape index (κ3) is 1.95. The number of rotatable bonds is 2. The summed E-state index contributed by atoms with van der Waals surface area (Å²) in [6.45, 7) is 5.52. The fraction of sp³-hybridized carbons (Fsp3) is 0.364. The molecular formula is C11H12N2O3S. The third-order valence-electron chi connectivity index (χ3n) is 2.32. The zero-order valence-electron chi connectivity index (χ0n) is 9.79. The van der Waals surface area contributed by atoms with Crippen LogP contribution in [0, 0.1) is 13.8 Å². The van der Waals surface area contributed by atoms with Gasteiger partial charge in [0.2, 0.25) is 0 Å². The molecule has 0 aliphatic rings. The van der Waals surface area contributed by atoms with E-state index in [1.807, 2.05) is 0 Å². The minimum atomic E-state index is -0.423. The molecule has 0 fully saturated rings. The molecule has 0 saturated carbocycles. The number of nitrogens with one attached hydrogen (secondary N) is 1. The maximum atomic E-state index is 11.8. The normalized spacial score (nSPS) is 10.8. The van der Waals surface area contributed by atoms with Crippen LogP contribution < -0.4 is 5.56 Å². The molecule has 0 aliphatic carbocycles. The average molecular weight is 252 g/mol. The standard InChI is InChI=1S/C11H12N2O3S/c1-4-16-11(15)9-8-7(5(2)17-9)10(14)13-6(3)12-8/h4H2,1-3H3,(H,12,13,14). The maximum Gasteiger partial charge on any atom is 0.350 e. The molecule has 90 valence electrons. The number of ether oxygens (including phenoxy) is 1. The summed E-state index contributed by atoms with van der Waals surface area (Å²) >= 11 is 1.24. The fourth-order valence-electron chi connectivity index (χ4n) is 1.66. The number of H-pyrrole nitrogens is 1. The molecule has 2 rings (SSSR count). The Bertz CT molecular complexity index is 642. The molecule has 0 saturated heterocycles. The van der Waals surface area contributed by atoms with Crippen molar-refractivity contribution < 1.29 is 9.53 Å². The lowest BCUT2D eigenvalue weighted by Gasteiger charge is -1.99. The van der Waals surface area contributed by atoms with Crippen LogP contribution in [0.2, 0.25) is 0 Å². The largest absolute Gasteiger partial charge is 0.462 e. The zero-order valence-corrected chi connectivity index (χ0v) is 10.6. The summed E-state index contributed by atoms with van der Waals surface area (Å²) < 4.78 is 4.95. The molecule has 0 radical (unpaired) electrons. The Morgan fingerprint density at radius 2 is 2.18 bits per heavy atom. The van der Waals surface area contributed by atoms with Gasteiger partial charge in [-0.2, -0.15) is 0 Å². The summed E-state index contributed by atoms with van der Waals surface area (Å²) in [5.74, 6) is 0.0685. The van der Waals surface area contributed by atoms with E-state index in [-0.39, 0.29) is 5.56 Å². The topological polar surface area (TPSA) is 72.1 Å². The van der Waals surface area contributed by atoms with E-state index in [0.29, 0.717) is 28.2 Å². The molecule has 0 atom stereocenters. The first-order valence-electron chi connectivity index (χ1n) is 5.21. The van der Waals surface area contributed by atoms with Crippen LogP contribution in [0.25, 0.3) is 10.9 Å². The van der Waals surface area contributed by atoms with Crippen molar-refractivity contribution >= 4 is 28.2 Å². The van der Waals surface area contributed by atoms with Crippen LogP contribution in [0.3, 0.4) is 0 Å². The summed E-state index contributed by atoms with van der Waals surface area (Å²) in [6.07, 6.45) is 0. The molecular weight excluding hydrogens is 240 g/mol. The van der Waals surface area contributed by atoms with Crippen molar-refractivity contribution in [1.82, 2.24) is 9.97 Å². The van der Waals surface area contributed by atoms with Gasteiger partial charge in [-0.1, -0.05) is 0 Å². The van der Waals surface area contributed by atoms with E-state index < -0.39 is 5.97 Å². The van der Waals surface area contributed by atoms with Gasteiger partial charge in [-0.15, -0.1) is 11.3 Å². The van der Waals surface area contributed by atoms with Gasteiger partial charge in [0, 0.05) is 4.88 Å². The number of esters is 1. The summed E-state index contributed by atoms with van der Waals surface area (Å²) in [7, 11) is 0. The quantitative estimate of drug-likeness (QED) is 0.827. The highest BCUT2D eigenvalue weighted by molar-refractivity contribution is 7.15. The molecule has 2 aromatic heterocycles. The molecule has 0 bridgehead atoms. The van der Waals surface area contributed by atoms with Crippen molar-refractivity contribution in [2.45, 2.75) is 20.8 Å². The molecule has 5 nitrogen and oxygen atoms in total. The molecule has 6 heteroatoms. The van der Waals surface area contributed by atoms with Crippen LogP contribution in [0.15, 0.2) is 4.79 Å². The zero-order chi connectivity index (χ0) is 12.6. The van der Waals surface area contributed by atoms with Crippen molar-refractivity contribution in [3.8, 4) is 0 Å². The van der Waals surface area contributed by atoms with Crippen molar-refractivity contribution in [3.05, 3.63) is 25.9 Å². The van der Waals surface area contributed by atoms with Crippen LogP contribution in [-0.2, 0) is 4.74 Å². The summed E-state index contributed by atoms with van der Waals surface area (Å²) in [5.41, 5.74) is 0.226. The van der Waals surface area contributed by atoms with Crippen molar-refractivity contribution in [2.24, 2.45) is 0 Å². The second kappa shape index (κ2) is 4.29. The monoisotopic (exact) mass is 252 g/mol. The minimum Gasteiger partial charge on any atom is -0.462 e. The van der Waals surface area contributed by atoms with E-state index in [0.717, 1.165) is 4.88 Å². The van der Waals surface area contributed by atoms with Crippen molar-refractivity contribution in [3.63, 3.8) is 0 Å². The lowest BCUT2D eigenvalue weighted by molar-refractivity contribution is 0.0534. The Morgan fingerprint density at radius 3 is 2.82 bits per heavy atom. The highest BCUT2D eigenvalue weighted by Crippen LogP contribution is 2.27. The van der Waals surface area contributed by atoms with Crippen LogP contribution in [0.1, 0.15) is 27.3 Å². The molecule has 2 heterocycles. The average Bonchev–Trinajstić information content (AvgIpc) is 2.56. The molecule has 1 N–H and O–H groups in total. The Morgan fingerprint density at radius 1 is 1.47 bits per heavy atom. The first-order chi connectivity index (χ1) is 8.04. The molecule has 0 aliphatic heterocycles. The molecule has 2 aromatic rings. The van der Waals surface area contributed by atoms with Crippen molar-refractivity contribution in [2.75, 3.05) is 6.61 Å². The van der Waals surface area contributed by atoms with E-state index >= 15 is 0 Å². The maximum absolute atomic E-state index is 11.8. The van der Waals surface area contributed by atoms with E-state index in [9.17, 15) is 9.59 Å². The number of aromatic amines is 1. The van der Waals surface area contributed by atoms with E-state index in [4.69, 9.17) is 4.74 Å². The van der Waals surface area contributed by atoms with Gasteiger partial charge < -0.3 is 9.72 Å². The van der Waals surface area contributed by atoms with Gasteiger partial charge in [0.25, 0.3) is 5.56 Å². The van der Waals surface area contributed by atoms with Crippen LogP contribution in [0.4, 0.5) is 0 Å². The Hall–Kier alpha value is -1.69. The fourth-order valence-corrected chi connectivity index (χ4v) is 2.65. The summed E-state index contributed by atoms with van der Waals surface area (Å²) in [4.78, 5) is 31.5. The smallest absolute Gasteiger partial charge is 0.350 e. The molecule has 0 aromatic carbocycles. The van der Waals surface area contributed by atoms with E-state index in [2.05, 4.69) is 9.97 Å². The predicted octanol–water partition coefficient (Wildman–Crippen LogP) is 1.78. The molecule has 0 spiro atoms. The molecule has 0 unspecified atom stereocenters. The van der Waals surface area contributed by atoms with Gasteiger partial charge >= 0.3 is 5.97 Å². The number of fused-ring (bicyclic) bond motifs is 1. The lowest BCUT2D eigenvalue weighted by atomic mass is 10.2. The van der Waals surface area contributed by atoms with Gasteiger partial charge in [-0.25, -0.2) is 9.78 Å². The predicted molar refractivity (Wildman–Crippen MR) is 65.7 cm³/mol. The number of nitrogens with zero attached hydrogens (tertiary/aromatic N) is 1. The van der Waals surface area contributed by atoms with Gasteiger partial charge in [-0.3, -0.25) is 4.79 Å². The SMILES string of the molecule is CCOC(=O)c1sc(C)c2c(=O)[nH]c(C)nc12. The van der Waals surface area contributed by atoms with E-state index in [1.54, 1.807) is 20.8 Å². The minimum absolute atomic E-state index is 0.211. The lowest BCUT2D eigenvalue weighted by Crippen LogP contribution is -2.10.